The Morgan fingerprint density at radius 1 is 1.27 bits per heavy atom. The Balaban J connectivity index is 1.50. The van der Waals surface area contributed by atoms with Gasteiger partial charge in [-0.2, -0.15) is 10.2 Å². The molecule has 136 valence electrons. The average Bonchev–Trinajstić information content (AvgIpc) is 3.27. The second kappa shape index (κ2) is 6.55. The zero-order valence-electron chi connectivity index (χ0n) is 15.5. The second-order valence-corrected chi connectivity index (χ2v) is 7.07. The molecule has 1 amide bonds. The number of H-pyrrole nitrogens is 1. The number of hydrogen-bond acceptors (Lipinski definition) is 4. The summed E-state index contributed by atoms with van der Waals surface area (Å²) in [7, 11) is 0. The van der Waals surface area contributed by atoms with Crippen LogP contribution in [-0.4, -0.2) is 48.7 Å². The molecular formula is C19H24N6O. The normalized spacial score (nSPS) is 15.7. The summed E-state index contributed by atoms with van der Waals surface area (Å²) in [6, 6.07) is 3.73. The maximum absolute atomic E-state index is 12.9. The van der Waals surface area contributed by atoms with Crippen molar-refractivity contribution >= 4 is 11.6 Å². The van der Waals surface area contributed by atoms with Crippen molar-refractivity contribution in [2.45, 2.75) is 46.0 Å². The van der Waals surface area contributed by atoms with Crippen LogP contribution in [0.15, 0.2) is 18.3 Å². The van der Waals surface area contributed by atoms with Crippen molar-refractivity contribution in [2.75, 3.05) is 13.1 Å². The minimum atomic E-state index is 0.00762. The second-order valence-electron chi connectivity index (χ2n) is 7.07. The number of likely N-dealkylation sites (tertiary alicyclic amines) is 1. The van der Waals surface area contributed by atoms with Gasteiger partial charge in [0.15, 0.2) is 5.65 Å². The van der Waals surface area contributed by atoms with Crippen molar-refractivity contribution in [1.29, 1.82) is 0 Å². The molecular weight excluding hydrogens is 328 g/mol. The number of carbonyl (C=O) groups is 1. The number of aromatic nitrogens is 5. The van der Waals surface area contributed by atoms with E-state index in [4.69, 9.17) is 0 Å². The van der Waals surface area contributed by atoms with Crippen molar-refractivity contribution in [3.05, 3.63) is 46.7 Å². The molecule has 0 atom stereocenters. The summed E-state index contributed by atoms with van der Waals surface area (Å²) in [5.74, 6) is 0.458. The molecule has 0 aromatic carbocycles. The third kappa shape index (κ3) is 2.87. The summed E-state index contributed by atoms with van der Waals surface area (Å²) in [4.78, 5) is 19.4. The van der Waals surface area contributed by atoms with Crippen molar-refractivity contribution in [1.82, 2.24) is 29.7 Å². The largest absolute Gasteiger partial charge is 0.337 e. The fourth-order valence-electron chi connectivity index (χ4n) is 3.84. The van der Waals surface area contributed by atoms with Crippen molar-refractivity contribution in [3.63, 3.8) is 0 Å². The van der Waals surface area contributed by atoms with Gasteiger partial charge < -0.3 is 4.90 Å². The Hall–Kier alpha value is -2.70. The van der Waals surface area contributed by atoms with Crippen LogP contribution in [0.4, 0.5) is 0 Å². The number of nitrogens with zero attached hydrogens (tertiary/aromatic N) is 5. The minimum absolute atomic E-state index is 0.00762. The topological polar surface area (TPSA) is 79.2 Å². The first-order valence-corrected chi connectivity index (χ1v) is 9.22. The van der Waals surface area contributed by atoms with Crippen LogP contribution < -0.4 is 0 Å². The summed E-state index contributed by atoms with van der Waals surface area (Å²) in [6.45, 7) is 7.52. The lowest BCUT2D eigenvalue weighted by Crippen LogP contribution is -2.38. The number of aromatic amines is 1. The van der Waals surface area contributed by atoms with Crippen LogP contribution in [0.5, 0.6) is 0 Å². The Kier molecular flexibility index (Phi) is 4.22. The quantitative estimate of drug-likeness (QED) is 0.786. The fraction of sp³-hybridized carbons (Fsp3) is 0.474. The summed E-state index contributed by atoms with van der Waals surface area (Å²) < 4.78 is 1.78. The van der Waals surface area contributed by atoms with Crippen molar-refractivity contribution in [3.8, 4) is 0 Å². The number of nitrogens with one attached hydrogen (secondary N) is 1. The SMILES string of the molecule is CCc1cn[nH]c1C1CCN(C(=O)c2cc(C)n3nc(C)cc3n2)CC1. The first-order valence-electron chi connectivity index (χ1n) is 9.22. The molecule has 1 N–H and O–H groups in total. The van der Waals surface area contributed by atoms with E-state index in [0.717, 1.165) is 49.4 Å². The number of rotatable bonds is 3. The molecule has 0 unspecified atom stereocenters. The number of hydrogen-bond donors (Lipinski definition) is 1. The predicted molar refractivity (Wildman–Crippen MR) is 98.3 cm³/mol. The van der Waals surface area contributed by atoms with E-state index in [0.29, 0.717) is 11.6 Å². The van der Waals surface area contributed by atoms with Gasteiger partial charge in [0.05, 0.1) is 11.9 Å². The van der Waals surface area contributed by atoms with E-state index in [-0.39, 0.29) is 5.91 Å². The molecule has 0 aliphatic carbocycles. The third-order valence-electron chi connectivity index (χ3n) is 5.27. The van der Waals surface area contributed by atoms with E-state index >= 15 is 0 Å². The van der Waals surface area contributed by atoms with Crippen LogP contribution in [0.25, 0.3) is 5.65 Å². The zero-order valence-corrected chi connectivity index (χ0v) is 15.5. The minimum Gasteiger partial charge on any atom is -0.337 e. The first kappa shape index (κ1) is 16.8. The summed E-state index contributed by atoms with van der Waals surface area (Å²) in [5.41, 5.74) is 5.58. The number of aryl methyl sites for hydroxylation is 3. The van der Waals surface area contributed by atoms with Gasteiger partial charge >= 0.3 is 0 Å². The maximum Gasteiger partial charge on any atom is 0.272 e. The van der Waals surface area contributed by atoms with E-state index in [1.54, 1.807) is 4.52 Å². The Morgan fingerprint density at radius 2 is 2.04 bits per heavy atom. The van der Waals surface area contributed by atoms with Crippen LogP contribution in [0.3, 0.4) is 0 Å². The van der Waals surface area contributed by atoms with Gasteiger partial charge in [0.1, 0.15) is 5.69 Å². The molecule has 1 aliphatic heterocycles. The van der Waals surface area contributed by atoms with Crippen LogP contribution >= 0.6 is 0 Å². The molecule has 4 heterocycles. The van der Waals surface area contributed by atoms with Gasteiger partial charge in [-0.05, 0) is 44.7 Å². The van der Waals surface area contributed by atoms with Crippen LogP contribution in [0, 0.1) is 13.8 Å². The molecule has 1 fully saturated rings. The average molecular weight is 352 g/mol. The molecule has 4 rings (SSSR count). The van der Waals surface area contributed by atoms with Crippen LogP contribution in [0.2, 0.25) is 0 Å². The van der Waals surface area contributed by atoms with E-state index < -0.39 is 0 Å². The maximum atomic E-state index is 12.9. The Bertz CT molecular complexity index is 948. The highest BCUT2D eigenvalue weighted by atomic mass is 16.2. The lowest BCUT2D eigenvalue weighted by Gasteiger charge is -2.31. The number of piperidine rings is 1. The Labute approximate surface area is 152 Å². The highest BCUT2D eigenvalue weighted by molar-refractivity contribution is 5.93. The molecule has 0 radical (unpaired) electrons. The van der Waals surface area contributed by atoms with Crippen molar-refractivity contribution < 1.29 is 4.79 Å². The highest BCUT2D eigenvalue weighted by Gasteiger charge is 2.27. The van der Waals surface area contributed by atoms with Gasteiger partial charge in [0, 0.05) is 36.5 Å². The molecule has 7 nitrogen and oxygen atoms in total. The molecule has 1 aliphatic rings. The molecule has 3 aromatic rings. The number of carbonyl (C=O) groups excluding carboxylic acids is 1. The van der Waals surface area contributed by atoms with E-state index in [1.807, 2.05) is 37.1 Å². The monoisotopic (exact) mass is 352 g/mol. The lowest BCUT2D eigenvalue weighted by molar-refractivity contribution is 0.0706. The predicted octanol–water partition coefficient (Wildman–Crippen LogP) is 2.65. The summed E-state index contributed by atoms with van der Waals surface area (Å²) >= 11 is 0. The van der Waals surface area contributed by atoms with Crippen LogP contribution in [-0.2, 0) is 6.42 Å². The van der Waals surface area contributed by atoms with E-state index in [9.17, 15) is 4.79 Å². The molecule has 26 heavy (non-hydrogen) atoms. The standard InChI is InChI=1S/C19H24N6O/c1-4-14-11-20-22-18(14)15-5-7-24(8-6-15)19(26)16-10-13(3)25-17(21-16)9-12(2)23-25/h9-11,15H,4-8H2,1-3H3,(H,20,22). The first-order chi connectivity index (χ1) is 12.6. The molecule has 3 aromatic heterocycles. The summed E-state index contributed by atoms with van der Waals surface area (Å²) in [6.07, 6.45) is 4.81. The third-order valence-corrected chi connectivity index (χ3v) is 5.27. The highest BCUT2D eigenvalue weighted by Crippen LogP contribution is 2.29. The summed E-state index contributed by atoms with van der Waals surface area (Å²) in [5, 5.41) is 11.7. The fourth-order valence-corrected chi connectivity index (χ4v) is 3.84. The van der Waals surface area contributed by atoms with E-state index in [2.05, 4.69) is 27.2 Å². The number of amides is 1. The van der Waals surface area contributed by atoms with Crippen molar-refractivity contribution in [2.24, 2.45) is 0 Å². The lowest BCUT2D eigenvalue weighted by atomic mass is 9.90. The number of fused-ring (bicyclic) bond motifs is 1. The van der Waals surface area contributed by atoms with Gasteiger partial charge in [0.25, 0.3) is 5.91 Å². The smallest absolute Gasteiger partial charge is 0.272 e. The van der Waals surface area contributed by atoms with E-state index in [1.165, 1.54) is 11.3 Å². The molecule has 7 heteroatoms. The van der Waals surface area contributed by atoms with Gasteiger partial charge in [0.2, 0.25) is 0 Å². The van der Waals surface area contributed by atoms with Gasteiger partial charge in [-0.25, -0.2) is 9.50 Å². The van der Waals surface area contributed by atoms with Crippen LogP contribution in [0.1, 0.15) is 58.8 Å². The van der Waals surface area contributed by atoms with Gasteiger partial charge in [-0.3, -0.25) is 9.89 Å². The molecule has 1 saturated heterocycles. The van der Waals surface area contributed by atoms with Gasteiger partial charge in [-0.1, -0.05) is 6.92 Å². The molecule has 0 spiro atoms. The Morgan fingerprint density at radius 3 is 2.77 bits per heavy atom. The zero-order chi connectivity index (χ0) is 18.3. The van der Waals surface area contributed by atoms with Gasteiger partial charge in [-0.15, -0.1) is 0 Å². The molecule has 0 bridgehead atoms. The molecule has 0 saturated carbocycles.